The first-order valence-corrected chi connectivity index (χ1v) is 6.02. The second-order valence-electron chi connectivity index (χ2n) is 4.82. The Morgan fingerprint density at radius 3 is 2.81 bits per heavy atom. The van der Waals surface area contributed by atoms with Crippen LogP contribution in [-0.4, -0.2) is 48.8 Å². The molecule has 1 saturated heterocycles. The quantitative estimate of drug-likeness (QED) is 0.778. The Morgan fingerprint density at radius 2 is 2.31 bits per heavy atom. The number of methoxy groups -OCH3 is 1. The molecular weight excluding hydrogens is 206 g/mol. The van der Waals surface area contributed by atoms with E-state index in [9.17, 15) is 9.90 Å². The molecule has 1 fully saturated rings. The maximum Gasteiger partial charge on any atom is 0.310 e. The fraction of sp³-hybridized carbons (Fsp3) is 0.917. The summed E-state index contributed by atoms with van der Waals surface area (Å²) in [7, 11) is 1.69. The molecule has 1 aliphatic rings. The molecular formula is C12H23NO3. The number of carboxylic acids is 1. The Balaban J connectivity index is 2.61. The minimum atomic E-state index is -0.648. The molecule has 0 radical (unpaired) electrons. The molecule has 4 nitrogen and oxygen atoms in total. The molecule has 2 unspecified atom stereocenters. The molecule has 1 aliphatic heterocycles. The van der Waals surface area contributed by atoms with Gasteiger partial charge >= 0.3 is 5.97 Å². The van der Waals surface area contributed by atoms with Crippen molar-refractivity contribution < 1.29 is 14.6 Å². The van der Waals surface area contributed by atoms with Crippen LogP contribution in [0.25, 0.3) is 0 Å². The average molecular weight is 229 g/mol. The molecule has 16 heavy (non-hydrogen) atoms. The van der Waals surface area contributed by atoms with Gasteiger partial charge in [0, 0.05) is 20.2 Å². The molecule has 94 valence electrons. The van der Waals surface area contributed by atoms with Gasteiger partial charge in [-0.2, -0.15) is 0 Å². The smallest absolute Gasteiger partial charge is 0.310 e. The highest BCUT2D eigenvalue weighted by Gasteiger charge is 2.40. The monoisotopic (exact) mass is 229 g/mol. The van der Waals surface area contributed by atoms with Gasteiger partial charge in [0.25, 0.3) is 0 Å². The van der Waals surface area contributed by atoms with Crippen LogP contribution in [0.4, 0.5) is 0 Å². The number of nitrogens with zero attached hydrogens (tertiary/aromatic N) is 1. The van der Waals surface area contributed by atoms with Crippen LogP contribution in [0.5, 0.6) is 0 Å². The number of rotatable bonds is 5. The first-order valence-electron chi connectivity index (χ1n) is 6.02. The van der Waals surface area contributed by atoms with Crippen LogP contribution >= 0.6 is 0 Å². The molecule has 1 N–H and O–H groups in total. The Hall–Kier alpha value is -0.610. The van der Waals surface area contributed by atoms with E-state index in [0.29, 0.717) is 13.0 Å². The molecule has 0 aromatic heterocycles. The maximum atomic E-state index is 11.4. The summed E-state index contributed by atoms with van der Waals surface area (Å²) in [5, 5.41) is 9.34. The van der Waals surface area contributed by atoms with Crippen molar-refractivity contribution in [1.82, 2.24) is 4.90 Å². The van der Waals surface area contributed by atoms with Crippen molar-refractivity contribution in [1.29, 1.82) is 0 Å². The van der Waals surface area contributed by atoms with Gasteiger partial charge in [0.2, 0.25) is 0 Å². The van der Waals surface area contributed by atoms with E-state index >= 15 is 0 Å². The molecule has 2 atom stereocenters. The first kappa shape index (κ1) is 13.5. The second-order valence-corrected chi connectivity index (χ2v) is 4.82. The van der Waals surface area contributed by atoms with Crippen LogP contribution in [0, 0.1) is 5.41 Å². The van der Waals surface area contributed by atoms with E-state index in [0.717, 1.165) is 25.9 Å². The molecule has 0 saturated carbocycles. The van der Waals surface area contributed by atoms with Gasteiger partial charge in [-0.15, -0.1) is 0 Å². The van der Waals surface area contributed by atoms with Gasteiger partial charge in [-0.25, -0.2) is 0 Å². The summed E-state index contributed by atoms with van der Waals surface area (Å²) in [5.41, 5.74) is -0.536. The summed E-state index contributed by atoms with van der Waals surface area (Å²) >= 11 is 0. The summed E-state index contributed by atoms with van der Waals surface area (Å²) in [6.45, 7) is 6.46. The van der Waals surface area contributed by atoms with Crippen molar-refractivity contribution in [3.8, 4) is 0 Å². The van der Waals surface area contributed by atoms with Crippen molar-refractivity contribution in [2.75, 3.05) is 26.7 Å². The van der Waals surface area contributed by atoms with Crippen LogP contribution in [0.2, 0.25) is 0 Å². The Morgan fingerprint density at radius 1 is 1.62 bits per heavy atom. The summed E-state index contributed by atoms with van der Waals surface area (Å²) in [4.78, 5) is 13.6. The zero-order valence-corrected chi connectivity index (χ0v) is 10.5. The van der Waals surface area contributed by atoms with Gasteiger partial charge in [0.15, 0.2) is 0 Å². The summed E-state index contributed by atoms with van der Waals surface area (Å²) < 4.78 is 5.23. The first-order chi connectivity index (χ1) is 7.54. The molecule has 0 aromatic carbocycles. The summed E-state index contributed by atoms with van der Waals surface area (Å²) in [6, 6.07) is 0. The molecule has 0 aliphatic carbocycles. The minimum absolute atomic E-state index is 0.168. The normalized spacial score (nSPS) is 28.9. The van der Waals surface area contributed by atoms with Crippen LogP contribution in [0.1, 0.15) is 33.1 Å². The van der Waals surface area contributed by atoms with Gasteiger partial charge in [-0.3, -0.25) is 9.69 Å². The number of carboxylic acid groups (broad SMARTS) is 1. The Kier molecular flexibility index (Phi) is 4.74. The van der Waals surface area contributed by atoms with Crippen molar-refractivity contribution in [2.45, 2.75) is 39.2 Å². The number of carbonyl (C=O) groups is 1. The van der Waals surface area contributed by atoms with E-state index in [-0.39, 0.29) is 6.10 Å². The third-order valence-corrected chi connectivity index (χ3v) is 3.70. The molecule has 0 bridgehead atoms. The summed E-state index contributed by atoms with van der Waals surface area (Å²) in [5.74, 6) is -0.648. The van der Waals surface area contributed by atoms with Gasteiger partial charge < -0.3 is 9.84 Å². The lowest BCUT2D eigenvalue weighted by molar-refractivity contribution is -0.153. The van der Waals surface area contributed by atoms with Crippen molar-refractivity contribution in [3.63, 3.8) is 0 Å². The van der Waals surface area contributed by atoms with E-state index in [1.807, 2.05) is 13.8 Å². The molecule has 1 heterocycles. The van der Waals surface area contributed by atoms with E-state index in [1.165, 1.54) is 0 Å². The number of hydrogen-bond acceptors (Lipinski definition) is 3. The van der Waals surface area contributed by atoms with Gasteiger partial charge in [-0.1, -0.05) is 6.92 Å². The number of hydrogen-bond donors (Lipinski definition) is 1. The van der Waals surface area contributed by atoms with E-state index < -0.39 is 11.4 Å². The fourth-order valence-corrected chi connectivity index (χ4v) is 2.44. The molecule has 0 spiro atoms. The highest BCUT2D eigenvalue weighted by Crippen LogP contribution is 2.33. The highest BCUT2D eigenvalue weighted by molar-refractivity contribution is 5.75. The zero-order chi connectivity index (χ0) is 12.2. The standard InChI is InChI=1S/C12H23NO3/c1-4-12(11(14)15)6-5-7-13(9-12)8-10(2)16-3/h10H,4-9H2,1-3H3,(H,14,15). The third kappa shape index (κ3) is 2.95. The van der Waals surface area contributed by atoms with E-state index in [1.54, 1.807) is 7.11 Å². The lowest BCUT2D eigenvalue weighted by Crippen LogP contribution is -2.49. The van der Waals surface area contributed by atoms with Crippen molar-refractivity contribution >= 4 is 5.97 Å². The number of piperidine rings is 1. The number of likely N-dealkylation sites (tertiary alicyclic amines) is 1. The van der Waals surface area contributed by atoms with Crippen LogP contribution in [-0.2, 0) is 9.53 Å². The molecule has 1 rings (SSSR count). The van der Waals surface area contributed by atoms with Gasteiger partial charge in [0.1, 0.15) is 0 Å². The van der Waals surface area contributed by atoms with Crippen molar-refractivity contribution in [3.05, 3.63) is 0 Å². The van der Waals surface area contributed by atoms with Gasteiger partial charge in [0.05, 0.1) is 11.5 Å². The van der Waals surface area contributed by atoms with Gasteiger partial charge in [-0.05, 0) is 32.7 Å². The largest absolute Gasteiger partial charge is 0.481 e. The molecule has 0 aromatic rings. The highest BCUT2D eigenvalue weighted by atomic mass is 16.5. The Bertz CT molecular complexity index is 244. The van der Waals surface area contributed by atoms with E-state index in [2.05, 4.69) is 4.90 Å². The third-order valence-electron chi connectivity index (χ3n) is 3.70. The average Bonchev–Trinajstić information content (AvgIpc) is 2.28. The lowest BCUT2D eigenvalue weighted by atomic mass is 9.77. The van der Waals surface area contributed by atoms with Crippen LogP contribution in [0.3, 0.4) is 0 Å². The van der Waals surface area contributed by atoms with Crippen LogP contribution < -0.4 is 0 Å². The Labute approximate surface area is 97.6 Å². The van der Waals surface area contributed by atoms with Crippen molar-refractivity contribution in [2.24, 2.45) is 5.41 Å². The zero-order valence-electron chi connectivity index (χ0n) is 10.5. The second kappa shape index (κ2) is 5.64. The fourth-order valence-electron chi connectivity index (χ4n) is 2.44. The predicted octanol–water partition coefficient (Wildman–Crippen LogP) is 1.60. The number of aliphatic carboxylic acids is 1. The predicted molar refractivity (Wildman–Crippen MR) is 62.5 cm³/mol. The van der Waals surface area contributed by atoms with Crippen LogP contribution in [0.15, 0.2) is 0 Å². The SMILES string of the molecule is CCC1(C(=O)O)CCCN(CC(C)OC)C1. The summed E-state index contributed by atoms with van der Waals surface area (Å²) in [6.07, 6.45) is 2.65. The number of ether oxygens (including phenoxy) is 1. The topological polar surface area (TPSA) is 49.8 Å². The maximum absolute atomic E-state index is 11.4. The molecule has 0 amide bonds. The molecule has 4 heteroatoms. The minimum Gasteiger partial charge on any atom is -0.481 e. The van der Waals surface area contributed by atoms with E-state index in [4.69, 9.17) is 4.74 Å². The lowest BCUT2D eigenvalue weighted by Gasteiger charge is -2.40.